The van der Waals surface area contributed by atoms with Crippen molar-refractivity contribution in [2.45, 2.75) is 37.6 Å². The van der Waals surface area contributed by atoms with E-state index < -0.39 is 28.8 Å². The van der Waals surface area contributed by atoms with Crippen molar-refractivity contribution >= 4 is 24.0 Å². The molecule has 0 atom stereocenters. The molecule has 2 rings (SSSR count). The molecular weight excluding hydrogens is 302 g/mol. The Kier molecular flexibility index (Phi) is 5.92. The van der Waals surface area contributed by atoms with E-state index in [0.29, 0.717) is 12.8 Å². The van der Waals surface area contributed by atoms with Gasteiger partial charge in [0.2, 0.25) is 5.91 Å². The number of anilines is 1. The zero-order valence-corrected chi connectivity index (χ0v) is 12.6. The standard InChI is InChI=1S/C14H18F2N2O2.ClH/c1-20-12-10(15)7-9(8-11(12)16)18-13(19)14(17)5-3-2-4-6-14;/h7-8H,2-6,17H2,1H3,(H,18,19);1H. The van der Waals surface area contributed by atoms with Crippen molar-refractivity contribution < 1.29 is 18.3 Å². The molecule has 3 N–H and O–H groups in total. The highest BCUT2D eigenvalue weighted by Crippen LogP contribution is 2.29. The predicted molar refractivity (Wildman–Crippen MR) is 78.8 cm³/mol. The van der Waals surface area contributed by atoms with Crippen LogP contribution in [0.2, 0.25) is 0 Å². The summed E-state index contributed by atoms with van der Waals surface area (Å²) in [4.78, 5) is 12.2. The molecule has 1 aliphatic carbocycles. The van der Waals surface area contributed by atoms with Crippen LogP contribution in [0.5, 0.6) is 5.75 Å². The molecular formula is C14H19ClF2N2O2. The molecule has 0 heterocycles. The first kappa shape index (κ1) is 17.7. The molecule has 0 radical (unpaired) electrons. The van der Waals surface area contributed by atoms with E-state index >= 15 is 0 Å². The number of hydrogen-bond donors (Lipinski definition) is 2. The first-order valence-electron chi connectivity index (χ1n) is 6.59. The summed E-state index contributed by atoms with van der Waals surface area (Å²) in [5.41, 5.74) is 5.15. The van der Waals surface area contributed by atoms with Crippen molar-refractivity contribution in [1.82, 2.24) is 0 Å². The van der Waals surface area contributed by atoms with Crippen LogP contribution in [-0.4, -0.2) is 18.6 Å². The number of hydrogen-bond acceptors (Lipinski definition) is 3. The Labute approximate surface area is 128 Å². The minimum absolute atomic E-state index is 0. The van der Waals surface area contributed by atoms with Crippen molar-refractivity contribution in [2.75, 3.05) is 12.4 Å². The van der Waals surface area contributed by atoms with Crippen LogP contribution < -0.4 is 15.8 Å². The lowest BCUT2D eigenvalue weighted by Crippen LogP contribution is -2.52. The van der Waals surface area contributed by atoms with Gasteiger partial charge in [-0.25, -0.2) is 8.78 Å². The fourth-order valence-corrected chi connectivity index (χ4v) is 2.49. The van der Waals surface area contributed by atoms with Crippen LogP contribution in [0.25, 0.3) is 0 Å². The van der Waals surface area contributed by atoms with Gasteiger partial charge in [0, 0.05) is 17.8 Å². The number of halogens is 3. The highest BCUT2D eigenvalue weighted by atomic mass is 35.5. The maximum Gasteiger partial charge on any atom is 0.244 e. The summed E-state index contributed by atoms with van der Waals surface area (Å²) in [5, 5.41) is 2.49. The molecule has 1 amide bonds. The number of ether oxygens (including phenoxy) is 1. The average Bonchev–Trinajstić information content (AvgIpc) is 2.39. The summed E-state index contributed by atoms with van der Waals surface area (Å²) in [5.74, 6) is -2.60. The number of carbonyl (C=O) groups is 1. The third-order valence-corrected chi connectivity index (χ3v) is 3.66. The lowest BCUT2D eigenvalue weighted by Gasteiger charge is -2.31. The van der Waals surface area contributed by atoms with Crippen LogP contribution in [0.3, 0.4) is 0 Å². The fraction of sp³-hybridized carbons (Fsp3) is 0.500. The van der Waals surface area contributed by atoms with Gasteiger partial charge in [0.25, 0.3) is 0 Å². The normalized spacial score (nSPS) is 16.8. The molecule has 118 valence electrons. The molecule has 0 bridgehead atoms. The van der Waals surface area contributed by atoms with E-state index in [-0.39, 0.29) is 18.1 Å². The zero-order chi connectivity index (χ0) is 14.8. The van der Waals surface area contributed by atoms with Crippen LogP contribution in [0.1, 0.15) is 32.1 Å². The molecule has 1 aromatic carbocycles. The average molecular weight is 321 g/mol. The van der Waals surface area contributed by atoms with Crippen LogP contribution >= 0.6 is 12.4 Å². The summed E-state index contributed by atoms with van der Waals surface area (Å²) in [6.07, 6.45) is 3.99. The van der Waals surface area contributed by atoms with E-state index in [0.717, 1.165) is 31.4 Å². The van der Waals surface area contributed by atoms with Gasteiger partial charge in [-0.2, -0.15) is 0 Å². The summed E-state index contributed by atoms with van der Waals surface area (Å²) in [6, 6.07) is 2.04. The van der Waals surface area contributed by atoms with E-state index in [4.69, 9.17) is 5.73 Å². The molecule has 0 unspecified atom stereocenters. The van der Waals surface area contributed by atoms with E-state index in [1.54, 1.807) is 0 Å². The summed E-state index contributed by atoms with van der Waals surface area (Å²) >= 11 is 0. The molecule has 0 aliphatic heterocycles. The van der Waals surface area contributed by atoms with Gasteiger partial charge in [-0.15, -0.1) is 12.4 Å². The second-order valence-electron chi connectivity index (χ2n) is 5.14. The summed E-state index contributed by atoms with van der Waals surface area (Å²) in [7, 11) is 1.18. The van der Waals surface area contributed by atoms with E-state index in [2.05, 4.69) is 10.1 Å². The highest BCUT2D eigenvalue weighted by Gasteiger charge is 2.35. The van der Waals surface area contributed by atoms with Gasteiger partial charge in [0.15, 0.2) is 17.4 Å². The molecule has 4 nitrogen and oxygen atoms in total. The monoisotopic (exact) mass is 320 g/mol. The molecule has 0 spiro atoms. The lowest BCUT2D eigenvalue weighted by molar-refractivity contribution is -0.122. The van der Waals surface area contributed by atoms with Gasteiger partial charge in [-0.3, -0.25) is 4.79 Å². The van der Waals surface area contributed by atoms with Gasteiger partial charge in [-0.1, -0.05) is 19.3 Å². The van der Waals surface area contributed by atoms with Gasteiger partial charge in [0.1, 0.15) is 0 Å². The summed E-state index contributed by atoms with van der Waals surface area (Å²) in [6.45, 7) is 0. The van der Waals surface area contributed by atoms with Crippen LogP contribution in [-0.2, 0) is 4.79 Å². The first-order chi connectivity index (χ1) is 9.46. The molecule has 1 saturated carbocycles. The van der Waals surface area contributed by atoms with Crippen molar-refractivity contribution in [3.63, 3.8) is 0 Å². The Balaban J connectivity index is 0.00000220. The van der Waals surface area contributed by atoms with E-state index in [1.807, 2.05) is 0 Å². The van der Waals surface area contributed by atoms with Crippen LogP contribution in [0.4, 0.5) is 14.5 Å². The van der Waals surface area contributed by atoms with Crippen molar-refractivity contribution in [2.24, 2.45) is 5.73 Å². The maximum absolute atomic E-state index is 13.6. The molecule has 7 heteroatoms. The molecule has 0 saturated heterocycles. The van der Waals surface area contributed by atoms with Crippen molar-refractivity contribution in [3.05, 3.63) is 23.8 Å². The number of rotatable bonds is 3. The van der Waals surface area contributed by atoms with Crippen molar-refractivity contribution in [1.29, 1.82) is 0 Å². The van der Waals surface area contributed by atoms with Gasteiger partial charge < -0.3 is 15.8 Å². The maximum atomic E-state index is 13.6. The number of nitrogens with two attached hydrogens (primary N) is 1. The molecule has 0 aromatic heterocycles. The summed E-state index contributed by atoms with van der Waals surface area (Å²) < 4.78 is 31.7. The number of nitrogens with one attached hydrogen (secondary N) is 1. The van der Waals surface area contributed by atoms with E-state index in [9.17, 15) is 13.6 Å². The lowest BCUT2D eigenvalue weighted by atomic mass is 9.82. The molecule has 1 aromatic rings. The second-order valence-corrected chi connectivity index (χ2v) is 5.14. The van der Waals surface area contributed by atoms with E-state index in [1.165, 1.54) is 7.11 Å². The third-order valence-electron chi connectivity index (χ3n) is 3.66. The number of carbonyl (C=O) groups excluding carboxylic acids is 1. The fourth-order valence-electron chi connectivity index (χ4n) is 2.49. The Morgan fingerprint density at radius 2 is 1.76 bits per heavy atom. The molecule has 1 fully saturated rings. The largest absolute Gasteiger partial charge is 0.491 e. The Morgan fingerprint density at radius 1 is 1.24 bits per heavy atom. The minimum Gasteiger partial charge on any atom is -0.491 e. The molecule has 1 aliphatic rings. The second kappa shape index (κ2) is 7.04. The predicted octanol–water partition coefficient (Wildman–Crippen LogP) is 3.00. The van der Waals surface area contributed by atoms with Crippen LogP contribution in [0, 0.1) is 11.6 Å². The highest BCUT2D eigenvalue weighted by molar-refractivity contribution is 5.98. The Hall–Kier alpha value is -1.40. The quantitative estimate of drug-likeness (QED) is 0.900. The topological polar surface area (TPSA) is 64.3 Å². The zero-order valence-electron chi connectivity index (χ0n) is 11.7. The van der Waals surface area contributed by atoms with Crippen LogP contribution in [0.15, 0.2) is 12.1 Å². The Bertz CT molecular complexity index is 497. The number of amides is 1. The van der Waals surface area contributed by atoms with Crippen molar-refractivity contribution in [3.8, 4) is 5.75 Å². The Morgan fingerprint density at radius 3 is 2.24 bits per heavy atom. The van der Waals surface area contributed by atoms with Gasteiger partial charge in [-0.05, 0) is 12.8 Å². The minimum atomic E-state index is -0.953. The first-order valence-corrected chi connectivity index (χ1v) is 6.59. The smallest absolute Gasteiger partial charge is 0.244 e. The number of methoxy groups -OCH3 is 1. The third kappa shape index (κ3) is 3.83. The van der Waals surface area contributed by atoms with Gasteiger partial charge >= 0.3 is 0 Å². The number of benzene rings is 1. The SMILES string of the molecule is COc1c(F)cc(NC(=O)C2(N)CCCCC2)cc1F.Cl. The molecule has 21 heavy (non-hydrogen) atoms. The van der Waals surface area contributed by atoms with Gasteiger partial charge in [0.05, 0.1) is 12.6 Å².